The Morgan fingerprint density at radius 1 is 0.783 bits per heavy atom. The summed E-state index contributed by atoms with van der Waals surface area (Å²) in [6.07, 6.45) is 9.20. The van der Waals surface area contributed by atoms with Crippen molar-refractivity contribution in [1.82, 2.24) is 0 Å². The van der Waals surface area contributed by atoms with Gasteiger partial charge >= 0.3 is 0 Å². The van der Waals surface area contributed by atoms with Gasteiger partial charge < -0.3 is 0 Å². The van der Waals surface area contributed by atoms with Gasteiger partial charge in [0.05, 0.1) is 0 Å². The fourth-order valence-electron chi connectivity index (χ4n) is 4.85. The van der Waals surface area contributed by atoms with Crippen molar-refractivity contribution in [1.29, 1.82) is 0 Å². The highest BCUT2D eigenvalue weighted by molar-refractivity contribution is 6.02. The summed E-state index contributed by atoms with van der Waals surface area (Å²) >= 11 is 0. The Kier molecular flexibility index (Phi) is 2.98. The zero-order valence-corrected chi connectivity index (χ0v) is 13.5. The van der Waals surface area contributed by atoms with Crippen LogP contribution in [0.2, 0.25) is 0 Å². The lowest BCUT2D eigenvalue weighted by Gasteiger charge is -2.09. The first-order chi connectivity index (χ1) is 11.3. The summed E-state index contributed by atoms with van der Waals surface area (Å²) in [6, 6.07) is 11.4. The van der Waals surface area contributed by atoms with Crippen molar-refractivity contribution < 1.29 is 4.79 Å². The molecule has 0 fully saturated rings. The van der Waals surface area contributed by atoms with Crippen molar-refractivity contribution >= 4 is 5.78 Å². The molecule has 1 atom stereocenters. The fourth-order valence-corrected chi connectivity index (χ4v) is 4.85. The SMILES string of the molecule is O=C1c2cc3c(cc2C[C@@H]1Cc1ccc2c(c1)CCC2)CCC3. The largest absolute Gasteiger partial charge is 0.294 e. The Hall–Kier alpha value is -1.89. The smallest absolute Gasteiger partial charge is 0.166 e. The topological polar surface area (TPSA) is 17.1 Å². The predicted octanol–water partition coefficient (Wildman–Crippen LogP) is 4.26. The maximum absolute atomic E-state index is 12.8. The lowest BCUT2D eigenvalue weighted by atomic mass is 9.94. The lowest BCUT2D eigenvalue weighted by molar-refractivity contribution is 0.0936. The highest BCUT2D eigenvalue weighted by Crippen LogP contribution is 2.35. The average molecular weight is 302 g/mol. The summed E-state index contributed by atoms with van der Waals surface area (Å²) in [5.41, 5.74) is 9.64. The molecule has 0 heterocycles. The number of aryl methyl sites for hydroxylation is 4. The summed E-state index contributed by atoms with van der Waals surface area (Å²) < 4.78 is 0. The molecular weight excluding hydrogens is 280 g/mol. The van der Waals surface area contributed by atoms with E-state index in [-0.39, 0.29) is 5.92 Å². The van der Waals surface area contributed by atoms with Crippen molar-refractivity contribution in [3.63, 3.8) is 0 Å². The molecule has 0 aromatic heterocycles. The van der Waals surface area contributed by atoms with Gasteiger partial charge in [0.25, 0.3) is 0 Å². The second-order valence-electron chi connectivity index (χ2n) is 7.56. The molecule has 0 spiro atoms. The van der Waals surface area contributed by atoms with Crippen LogP contribution in [0.15, 0.2) is 30.3 Å². The number of benzene rings is 2. The Morgan fingerprint density at radius 3 is 2.30 bits per heavy atom. The molecule has 0 saturated heterocycles. The van der Waals surface area contributed by atoms with E-state index in [1.54, 1.807) is 0 Å². The van der Waals surface area contributed by atoms with Gasteiger partial charge in [-0.3, -0.25) is 4.79 Å². The van der Waals surface area contributed by atoms with E-state index in [0.29, 0.717) is 5.78 Å². The molecule has 0 radical (unpaired) electrons. The third-order valence-corrected chi connectivity index (χ3v) is 6.07. The monoisotopic (exact) mass is 302 g/mol. The Balaban J connectivity index is 1.41. The highest BCUT2D eigenvalue weighted by Gasteiger charge is 2.32. The van der Waals surface area contributed by atoms with E-state index in [2.05, 4.69) is 30.3 Å². The van der Waals surface area contributed by atoms with E-state index in [9.17, 15) is 4.79 Å². The molecule has 0 amide bonds. The van der Waals surface area contributed by atoms with Crippen molar-refractivity contribution in [3.05, 3.63) is 69.3 Å². The first-order valence-electron chi connectivity index (χ1n) is 9.07. The molecule has 0 aliphatic heterocycles. The van der Waals surface area contributed by atoms with E-state index >= 15 is 0 Å². The fraction of sp³-hybridized carbons (Fsp3) is 0.409. The molecule has 2 aromatic carbocycles. The highest BCUT2D eigenvalue weighted by atomic mass is 16.1. The number of hydrogen-bond acceptors (Lipinski definition) is 1. The van der Waals surface area contributed by atoms with Crippen molar-refractivity contribution in [2.75, 3.05) is 0 Å². The molecule has 0 N–H and O–H groups in total. The molecule has 1 heteroatoms. The van der Waals surface area contributed by atoms with Crippen LogP contribution in [0.25, 0.3) is 0 Å². The van der Waals surface area contributed by atoms with E-state index in [1.807, 2.05) is 0 Å². The molecule has 23 heavy (non-hydrogen) atoms. The molecule has 116 valence electrons. The van der Waals surface area contributed by atoms with E-state index in [1.165, 1.54) is 65.5 Å². The van der Waals surface area contributed by atoms with Gasteiger partial charge in [-0.15, -0.1) is 0 Å². The first kappa shape index (κ1) is 13.5. The van der Waals surface area contributed by atoms with Crippen LogP contribution in [0.4, 0.5) is 0 Å². The van der Waals surface area contributed by atoms with E-state index < -0.39 is 0 Å². The van der Waals surface area contributed by atoms with Gasteiger partial charge in [0.2, 0.25) is 0 Å². The standard InChI is InChI=1S/C22H22O/c23-22-20(10-14-7-8-15-3-1-4-16(15)9-14)12-19-11-17-5-2-6-18(17)13-21(19)22/h7-9,11,13,20H,1-6,10,12H2/t20-/m0/s1. The second-order valence-corrected chi connectivity index (χ2v) is 7.56. The lowest BCUT2D eigenvalue weighted by Crippen LogP contribution is -2.12. The number of hydrogen-bond donors (Lipinski definition) is 0. The van der Waals surface area contributed by atoms with Gasteiger partial charge in [-0.05, 0) is 90.8 Å². The van der Waals surface area contributed by atoms with Gasteiger partial charge in [-0.2, -0.15) is 0 Å². The second kappa shape index (κ2) is 5.06. The van der Waals surface area contributed by atoms with E-state index in [4.69, 9.17) is 0 Å². The van der Waals surface area contributed by atoms with Gasteiger partial charge in [0.15, 0.2) is 5.78 Å². The Bertz CT molecular complexity index is 815. The molecule has 0 unspecified atom stereocenters. The number of Topliss-reactive ketones (excluding diaryl/α,β-unsaturated/α-hetero) is 1. The van der Waals surface area contributed by atoms with Gasteiger partial charge in [-0.1, -0.05) is 24.3 Å². The maximum atomic E-state index is 12.8. The van der Waals surface area contributed by atoms with Gasteiger partial charge in [0, 0.05) is 11.5 Å². The van der Waals surface area contributed by atoms with Gasteiger partial charge in [0.1, 0.15) is 0 Å². The number of fused-ring (bicyclic) bond motifs is 3. The summed E-state index contributed by atoms with van der Waals surface area (Å²) in [4.78, 5) is 12.8. The van der Waals surface area contributed by atoms with Crippen LogP contribution in [0.1, 0.15) is 56.6 Å². The van der Waals surface area contributed by atoms with Crippen LogP contribution >= 0.6 is 0 Å². The normalized spacial score (nSPS) is 21.4. The summed E-state index contributed by atoms with van der Waals surface area (Å²) in [6.45, 7) is 0. The molecule has 1 nitrogen and oxygen atoms in total. The number of carbonyl (C=O) groups is 1. The van der Waals surface area contributed by atoms with Crippen LogP contribution in [0.3, 0.4) is 0 Å². The minimum absolute atomic E-state index is 0.159. The molecule has 0 saturated carbocycles. The molecular formula is C22H22O. The third kappa shape index (κ3) is 2.17. The zero-order chi connectivity index (χ0) is 15.4. The average Bonchev–Trinajstić information content (AvgIpc) is 3.25. The molecule has 0 bridgehead atoms. The van der Waals surface area contributed by atoms with Crippen LogP contribution in [0.5, 0.6) is 0 Å². The number of ketones is 1. The minimum Gasteiger partial charge on any atom is -0.294 e. The number of rotatable bonds is 2. The van der Waals surface area contributed by atoms with Crippen LogP contribution < -0.4 is 0 Å². The van der Waals surface area contributed by atoms with Crippen LogP contribution in [0, 0.1) is 5.92 Å². The molecule has 5 rings (SSSR count). The summed E-state index contributed by atoms with van der Waals surface area (Å²) in [5.74, 6) is 0.544. The zero-order valence-electron chi connectivity index (χ0n) is 13.5. The summed E-state index contributed by atoms with van der Waals surface area (Å²) in [7, 11) is 0. The van der Waals surface area contributed by atoms with Crippen LogP contribution in [-0.4, -0.2) is 5.78 Å². The maximum Gasteiger partial charge on any atom is 0.166 e. The van der Waals surface area contributed by atoms with E-state index in [0.717, 1.165) is 24.8 Å². The van der Waals surface area contributed by atoms with Crippen molar-refractivity contribution in [2.24, 2.45) is 5.92 Å². The quantitative estimate of drug-likeness (QED) is 0.810. The molecule has 3 aliphatic carbocycles. The Morgan fingerprint density at radius 2 is 1.48 bits per heavy atom. The van der Waals surface area contributed by atoms with Crippen LogP contribution in [-0.2, 0) is 38.5 Å². The predicted molar refractivity (Wildman–Crippen MR) is 92.2 cm³/mol. The van der Waals surface area contributed by atoms with Crippen molar-refractivity contribution in [2.45, 2.75) is 51.4 Å². The van der Waals surface area contributed by atoms with Crippen molar-refractivity contribution in [3.8, 4) is 0 Å². The van der Waals surface area contributed by atoms with Gasteiger partial charge in [-0.25, -0.2) is 0 Å². The third-order valence-electron chi connectivity index (χ3n) is 6.07. The first-order valence-corrected chi connectivity index (χ1v) is 9.07. The Labute approximate surface area is 137 Å². The molecule has 3 aliphatic rings. The number of carbonyl (C=O) groups excluding carboxylic acids is 1. The summed E-state index contributed by atoms with van der Waals surface area (Å²) in [5, 5.41) is 0. The molecule has 2 aromatic rings. The minimum atomic E-state index is 0.159.